The first-order valence-corrected chi connectivity index (χ1v) is 13.5. The third-order valence-electron chi connectivity index (χ3n) is 8.29. The van der Waals surface area contributed by atoms with Gasteiger partial charge in [0, 0.05) is 28.5 Å². The fourth-order valence-electron chi connectivity index (χ4n) is 6.56. The van der Waals surface area contributed by atoms with Gasteiger partial charge in [0.05, 0.1) is 17.8 Å². The van der Waals surface area contributed by atoms with Crippen molar-refractivity contribution in [3.05, 3.63) is 53.1 Å². The Morgan fingerprint density at radius 2 is 1.77 bits per heavy atom. The quantitative estimate of drug-likeness (QED) is 0.378. The number of H-pyrrole nitrogens is 1. The summed E-state index contributed by atoms with van der Waals surface area (Å²) in [6.07, 6.45) is 2.47. The molecule has 0 saturated carbocycles. The molecule has 4 rings (SSSR count). The Hall–Kier alpha value is -2.65. The average molecular weight is 547 g/mol. The summed E-state index contributed by atoms with van der Waals surface area (Å²) in [4.78, 5) is 21.5. The van der Waals surface area contributed by atoms with Crippen LogP contribution in [0.25, 0.3) is 5.57 Å². The van der Waals surface area contributed by atoms with Gasteiger partial charge in [0.15, 0.2) is 5.82 Å². The van der Waals surface area contributed by atoms with Crippen LogP contribution in [0.1, 0.15) is 101 Å². The number of hydrogen-bond acceptors (Lipinski definition) is 4. The van der Waals surface area contributed by atoms with Crippen molar-refractivity contribution in [1.29, 1.82) is 0 Å². The number of carbonyl (C=O) groups excluding carboxylic acids is 1. The fraction of sp³-hybridized carbons (Fsp3) is 0.600. The number of likely N-dealkylation sites (tertiary alicyclic amines) is 1. The zero-order chi connectivity index (χ0) is 29.0. The van der Waals surface area contributed by atoms with Crippen LogP contribution < -0.4 is 5.32 Å². The maximum absolute atomic E-state index is 13.5. The number of halogens is 3. The highest BCUT2D eigenvalue weighted by atomic mass is 19.4. The molecule has 0 atom stereocenters. The van der Waals surface area contributed by atoms with E-state index in [0.717, 1.165) is 30.4 Å². The highest BCUT2D eigenvalue weighted by Gasteiger charge is 2.54. The molecule has 3 N–H and O–H groups in total. The van der Waals surface area contributed by atoms with Crippen LogP contribution in [-0.4, -0.2) is 49.7 Å². The van der Waals surface area contributed by atoms with Crippen LogP contribution in [0.5, 0.6) is 0 Å². The van der Waals surface area contributed by atoms with Crippen LogP contribution in [0.2, 0.25) is 0 Å². The topological polar surface area (TPSA) is 81.2 Å². The number of imidazole rings is 1. The first-order valence-electron chi connectivity index (χ1n) is 13.5. The van der Waals surface area contributed by atoms with E-state index >= 15 is 0 Å². The Morgan fingerprint density at radius 1 is 1.13 bits per heavy atom. The van der Waals surface area contributed by atoms with Gasteiger partial charge in [0.2, 0.25) is 0 Å². The number of allylic oxidation sites excluding steroid dienone is 2. The summed E-state index contributed by atoms with van der Waals surface area (Å²) in [6.45, 7) is 12.3. The first-order chi connectivity index (χ1) is 17.8. The standard InChI is InChI=1S/C30H41F3N4O2/c1-19-15-34-24(35-19)25(38)36-23-9-8-21(14-22(23)20-10-12-26(2,3)13-11-20)29(39)16-27(4,5)37(18-30(31,32)33)28(6,7)17-29/h8-10,14-15,39H,11-13,16-18H2,1-7H3,(H,34,35)(H,36,38). The zero-order valence-corrected chi connectivity index (χ0v) is 24.0. The molecule has 1 fully saturated rings. The van der Waals surface area contributed by atoms with Crippen LogP contribution in [0.4, 0.5) is 18.9 Å². The van der Waals surface area contributed by atoms with Crippen LogP contribution in [0.3, 0.4) is 0 Å². The number of amides is 1. The van der Waals surface area contributed by atoms with Gasteiger partial charge in [-0.05, 0) is 95.4 Å². The van der Waals surface area contributed by atoms with Gasteiger partial charge in [-0.15, -0.1) is 0 Å². The number of nitrogens with zero attached hydrogens (tertiary/aromatic N) is 2. The van der Waals surface area contributed by atoms with Crippen LogP contribution in [0.15, 0.2) is 30.5 Å². The molecule has 1 aliphatic heterocycles. The normalized spacial score (nSPS) is 22.3. The number of aliphatic hydroxyl groups is 1. The van der Waals surface area contributed by atoms with E-state index in [1.165, 1.54) is 4.90 Å². The highest BCUT2D eigenvalue weighted by molar-refractivity contribution is 6.03. The van der Waals surface area contributed by atoms with Crippen molar-refractivity contribution in [3.8, 4) is 0 Å². The Bertz CT molecular complexity index is 1260. The molecule has 0 unspecified atom stereocenters. The Kier molecular flexibility index (Phi) is 7.35. The molecular weight excluding hydrogens is 505 g/mol. The molecule has 1 aliphatic carbocycles. The van der Waals surface area contributed by atoms with Crippen molar-refractivity contribution < 1.29 is 23.1 Å². The van der Waals surface area contributed by atoms with Crippen LogP contribution in [0, 0.1) is 12.3 Å². The van der Waals surface area contributed by atoms with Crippen LogP contribution >= 0.6 is 0 Å². The lowest BCUT2D eigenvalue weighted by Crippen LogP contribution is -2.66. The summed E-state index contributed by atoms with van der Waals surface area (Å²) in [7, 11) is 0. The number of carbonyl (C=O) groups is 1. The molecule has 1 amide bonds. The molecule has 0 radical (unpaired) electrons. The number of piperidine rings is 1. The van der Waals surface area contributed by atoms with E-state index in [0.29, 0.717) is 16.9 Å². The Balaban J connectivity index is 1.73. The monoisotopic (exact) mass is 546 g/mol. The summed E-state index contributed by atoms with van der Waals surface area (Å²) in [6, 6.07) is 5.49. The molecule has 2 aromatic rings. The number of benzene rings is 1. The van der Waals surface area contributed by atoms with Crippen LogP contribution in [-0.2, 0) is 5.60 Å². The molecule has 39 heavy (non-hydrogen) atoms. The number of alkyl halides is 3. The maximum Gasteiger partial charge on any atom is 0.401 e. The number of hydrogen-bond donors (Lipinski definition) is 3. The summed E-state index contributed by atoms with van der Waals surface area (Å²) in [5.74, 6) is -0.157. The molecule has 0 bridgehead atoms. The van der Waals surface area contributed by atoms with Gasteiger partial charge in [0.25, 0.3) is 5.91 Å². The molecule has 1 saturated heterocycles. The van der Waals surface area contributed by atoms with Crippen molar-refractivity contribution in [2.45, 2.75) is 103 Å². The van der Waals surface area contributed by atoms with E-state index in [4.69, 9.17) is 0 Å². The smallest absolute Gasteiger partial charge is 0.385 e. The SMILES string of the molecule is Cc1c[nH]c(C(=O)Nc2ccc(C3(O)CC(C)(C)N(CC(F)(F)F)C(C)(C)C3)cc2C2=CCC(C)(C)CC2)n1. The van der Waals surface area contributed by atoms with Gasteiger partial charge in [-0.25, -0.2) is 4.98 Å². The number of anilines is 1. The average Bonchev–Trinajstić information content (AvgIpc) is 3.22. The lowest BCUT2D eigenvalue weighted by molar-refractivity contribution is -0.206. The molecule has 0 spiro atoms. The molecule has 1 aromatic heterocycles. The van der Waals surface area contributed by atoms with Crippen molar-refractivity contribution in [3.63, 3.8) is 0 Å². The summed E-state index contributed by atoms with van der Waals surface area (Å²) >= 11 is 0. The summed E-state index contributed by atoms with van der Waals surface area (Å²) in [5, 5.41) is 15.0. The largest absolute Gasteiger partial charge is 0.401 e. The summed E-state index contributed by atoms with van der Waals surface area (Å²) < 4.78 is 40.4. The number of rotatable bonds is 5. The minimum Gasteiger partial charge on any atom is -0.385 e. The van der Waals surface area contributed by atoms with Gasteiger partial charge in [-0.2, -0.15) is 13.2 Å². The second-order valence-electron chi connectivity index (χ2n) is 13.4. The predicted molar refractivity (Wildman–Crippen MR) is 147 cm³/mol. The second kappa shape index (κ2) is 9.77. The fourth-order valence-corrected chi connectivity index (χ4v) is 6.56. The third-order valence-corrected chi connectivity index (χ3v) is 8.29. The molecule has 6 nitrogen and oxygen atoms in total. The van der Waals surface area contributed by atoms with Gasteiger partial charge < -0.3 is 15.4 Å². The predicted octanol–water partition coefficient (Wildman–Crippen LogP) is 6.97. The second-order valence-corrected chi connectivity index (χ2v) is 13.4. The molecule has 9 heteroatoms. The van der Waals surface area contributed by atoms with Gasteiger partial charge in [-0.1, -0.05) is 26.0 Å². The molecule has 1 aromatic carbocycles. The Labute approximate surface area is 229 Å². The van der Waals surface area contributed by atoms with E-state index in [1.807, 2.05) is 6.07 Å². The minimum absolute atomic E-state index is 0.141. The van der Waals surface area contributed by atoms with Crippen molar-refractivity contribution in [1.82, 2.24) is 14.9 Å². The van der Waals surface area contributed by atoms with E-state index in [-0.39, 0.29) is 30.0 Å². The molecule has 214 valence electrons. The van der Waals surface area contributed by atoms with Crippen molar-refractivity contribution in [2.75, 3.05) is 11.9 Å². The molecular formula is C30H41F3N4O2. The van der Waals surface area contributed by atoms with E-state index in [9.17, 15) is 23.1 Å². The van der Waals surface area contributed by atoms with E-state index in [2.05, 4.69) is 35.2 Å². The van der Waals surface area contributed by atoms with Crippen molar-refractivity contribution >= 4 is 17.2 Å². The van der Waals surface area contributed by atoms with E-state index in [1.54, 1.807) is 52.9 Å². The lowest BCUT2D eigenvalue weighted by Gasteiger charge is -2.58. The minimum atomic E-state index is -4.34. The van der Waals surface area contributed by atoms with Crippen molar-refractivity contribution in [2.24, 2.45) is 5.41 Å². The van der Waals surface area contributed by atoms with Gasteiger partial charge in [0.1, 0.15) is 0 Å². The molecule has 2 heterocycles. The maximum atomic E-state index is 13.5. The van der Waals surface area contributed by atoms with E-state index < -0.39 is 29.4 Å². The number of aromatic amines is 1. The number of aromatic nitrogens is 2. The zero-order valence-electron chi connectivity index (χ0n) is 24.0. The van der Waals surface area contributed by atoms with Gasteiger partial charge in [-0.3, -0.25) is 9.69 Å². The highest BCUT2D eigenvalue weighted by Crippen LogP contribution is 2.50. The number of nitrogens with one attached hydrogen (secondary N) is 2. The third kappa shape index (κ3) is 6.40. The molecule has 2 aliphatic rings. The number of aryl methyl sites for hydroxylation is 1. The first kappa shape index (κ1) is 29.3. The Morgan fingerprint density at radius 3 is 2.28 bits per heavy atom. The lowest BCUT2D eigenvalue weighted by atomic mass is 9.67. The van der Waals surface area contributed by atoms with Gasteiger partial charge >= 0.3 is 6.18 Å². The summed E-state index contributed by atoms with van der Waals surface area (Å²) in [5.41, 5.74) is 0.863.